The maximum absolute atomic E-state index is 13.1. The number of hydrogen-bond acceptors (Lipinski definition) is 2. The summed E-state index contributed by atoms with van der Waals surface area (Å²) in [7, 11) is 0. The van der Waals surface area contributed by atoms with E-state index in [2.05, 4.69) is 5.32 Å². The van der Waals surface area contributed by atoms with Crippen molar-refractivity contribution >= 4 is 11.6 Å². The predicted octanol–water partition coefficient (Wildman–Crippen LogP) is 3.36. The largest absolute Gasteiger partial charge is 0.472 e. The molecule has 0 saturated carbocycles. The highest BCUT2D eigenvalue weighted by atomic mass is 35.5. The van der Waals surface area contributed by atoms with Gasteiger partial charge in [-0.2, -0.15) is 0 Å². The van der Waals surface area contributed by atoms with Crippen LogP contribution in [-0.4, -0.2) is 0 Å². The number of benzene rings is 1. The van der Waals surface area contributed by atoms with Gasteiger partial charge in [-0.15, -0.1) is 0 Å². The standard InChI is InChI=1S/C12H11ClFNO/c13-12-10(2-1-3-11(12)14)7-15-6-9-4-5-16-8-9/h1-5,8,15H,6-7H2. The summed E-state index contributed by atoms with van der Waals surface area (Å²) in [4.78, 5) is 0. The van der Waals surface area contributed by atoms with Crippen LogP contribution in [0.3, 0.4) is 0 Å². The maximum Gasteiger partial charge on any atom is 0.142 e. The van der Waals surface area contributed by atoms with Crippen LogP contribution in [0.1, 0.15) is 11.1 Å². The molecule has 0 aliphatic heterocycles. The highest BCUT2D eigenvalue weighted by molar-refractivity contribution is 6.31. The van der Waals surface area contributed by atoms with Gasteiger partial charge in [-0.05, 0) is 17.7 Å². The van der Waals surface area contributed by atoms with E-state index in [1.807, 2.05) is 6.07 Å². The molecule has 0 amide bonds. The first kappa shape index (κ1) is 11.2. The molecule has 16 heavy (non-hydrogen) atoms. The Morgan fingerprint density at radius 3 is 2.88 bits per heavy atom. The van der Waals surface area contributed by atoms with Gasteiger partial charge in [-0.25, -0.2) is 4.39 Å². The Bertz CT molecular complexity index is 456. The maximum atomic E-state index is 13.1. The molecule has 1 heterocycles. The van der Waals surface area contributed by atoms with Gasteiger partial charge in [0.1, 0.15) is 5.82 Å². The van der Waals surface area contributed by atoms with Crippen LogP contribution in [0.5, 0.6) is 0 Å². The van der Waals surface area contributed by atoms with E-state index in [1.54, 1.807) is 24.7 Å². The fraction of sp³-hybridized carbons (Fsp3) is 0.167. The van der Waals surface area contributed by atoms with E-state index in [4.69, 9.17) is 16.0 Å². The molecule has 4 heteroatoms. The number of nitrogens with one attached hydrogen (secondary N) is 1. The van der Waals surface area contributed by atoms with Gasteiger partial charge in [0.2, 0.25) is 0 Å². The summed E-state index contributed by atoms with van der Waals surface area (Å²) in [6, 6.07) is 6.67. The minimum atomic E-state index is -0.385. The third kappa shape index (κ3) is 2.62. The molecule has 0 radical (unpaired) electrons. The van der Waals surface area contributed by atoms with Crippen LogP contribution in [0.15, 0.2) is 41.2 Å². The molecule has 84 valence electrons. The molecule has 2 aromatic rings. The highest BCUT2D eigenvalue weighted by Crippen LogP contribution is 2.19. The van der Waals surface area contributed by atoms with Crippen molar-refractivity contribution in [2.45, 2.75) is 13.1 Å². The van der Waals surface area contributed by atoms with Crippen molar-refractivity contribution in [2.24, 2.45) is 0 Å². The second kappa shape index (κ2) is 5.14. The molecule has 0 bridgehead atoms. The third-order valence-corrected chi connectivity index (χ3v) is 2.68. The van der Waals surface area contributed by atoms with Crippen molar-refractivity contribution < 1.29 is 8.81 Å². The third-order valence-electron chi connectivity index (χ3n) is 2.26. The molecule has 0 aliphatic carbocycles. The van der Waals surface area contributed by atoms with Crippen LogP contribution in [-0.2, 0) is 13.1 Å². The zero-order chi connectivity index (χ0) is 11.4. The Labute approximate surface area is 98.0 Å². The van der Waals surface area contributed by atoms with Gasteiger partial charge in [0.05, 0.1) is 17.5 Å². The monoisotopic (exact) mass is 239 g/mol. The summed E-state index contributed by atoms with van der Waals surface area (Å²) in [5.74, 6) is -0.385. The van der Waals surface area contributed by atoms with E-state index in [9.17, 15) is 4.39 Å². The molecule has 0 unspecified atom stereocenters. The first-order valence-electron chi connectivity index (χ1n) is 4.92. The molecule has 1 aromatic carbocycles. The van der Waals surface area contributed by atoms with Crippen LogP contribution in [0.2, 0.25) is 5.02 Å². The topological polar surface area (TPSA) is 25.2 Å². The van der Waals surface area contributed by atoms with Crippen molar-refractivity contribution in [1.82, 2.24) is 5.32 Å². The summed E-state index contributed by atoms with van der Waals surface area (Å²) in [6.07, 6.45) is 3.28. The normalized spacial score (nSPS) is 10.6. The Morgan fingerprint density at radius 2 is 2.12 bits per heavy atom. The molecule has 0 saturated heterocycles. The van der Waals surface area contributed by atoms with Crippen molar-refractivity contribution in [2.75, 3.05) is 0 Å². The first-order valence-corrected chi connectivity index (χ1v) is 5.30. The zero-order valence-electron chi connectivity index (χ0n) is 8.54. The lowest BCUT2D eigenvalue weighted by Crippen LogP contribution is -2.12. The van der Waals surface area contributed by atoms with Gasteiger partial charge in [0.15, 0.2) is 0 Å². The SMILES string of the molecule is Fc1cccc(CNCc2ccoc2)c1Cl. The molecular formula is C12H11ClFNO. The van der Waals surface area contributed by atoms with Crippen LogP contribution in [0, 0.1) is 5.82 Å². The van der Waals surface area contributed by atoms with Crippen molar-refractivity contribution in [1.29, 1.82) is 0 Å². The van der Waals surface area contributed by atoms with Gasteiger partial charge in [-0.1, -0.05) is 23.7 Å². The lowest BCUT2D eigenvalue weighted by atomic mass is 10.2. The molecular weight excluding hydrogens is 229 g/mol. The Morgan fingerprint density at radius 1 is 1.25 bits per heavy atom. The van der Waals surface area contributed by atoms with Gasteiger partial charge in [0, 0.05) is 18.7 Å². The minimum Gasteiger partial charge on any atom is -0.472 e. The molecule has 0 atom stereocenters. The Hall–Kier alpha value is -1.32. The minimum absolute atomic E-state index is 0.183. The predicted molar refractivity (Wildman–Crippen MR) is 60.7 cm³/mol. The summed E-state index contributed by atoms with van der Waals surface area (Å²) >= 11 is 5.82. The Kier molecular flexibility index (Phi) is 3.59. The average molecular weight is 240 g/mol. The van der Waals surface area contributed by atoms with Crippen molar-refractivity contribution in [3.8, 4) is 0 Å². The van der Waals surface area contributed by atoms with E-state index < -0.39 is 0 Å². The van der Waals surface area contributed by atoms with Crippen LogP contribution < -0.4 is 5.32 Å². The van der Waals surface area contributed by atoms with E-state index >= 15 is 0 Å². The molecule has 1 N–H and O–H groups in total. The molecule has 0 aliphatic rings. The zero-order valence-corrected chi connectivity index (χ0v) is 9.30. The lowest BCUT2D eigenvalue weighted by molar-refractivity contribution is 0.560. The quantitative estimate of drug-likeness (QED) is 0.885. The van der Waals surface area contributed by atoms with Gasteiger partial charge in [0.25, 0.3) is 0 Å². The van der Waals surface area contributed by atoms with E-state index in [0.29, 0.717) is 13.1 Å². The molecule has 2 rings (SSSR count). The van der Waals surface area contributed by atoms with E-state index in [1.165, 1.54) is 6.07 Å². The summed E-state index contributed by atoms with van der Waals surface area (Å²) in [6.45, 7) is 1.20. The smallest absolute Gasteiger partial charge is 0.142 e. The lowest BCUT2D eigenvalue weighted by Gasteiger charge is -2.05. The number of hydrogen-bond donors (Lipinski definition) is 1. The van der Waals surface area contributed by atoms with Crippen molar-refractivity contribution in [3.05, 3.63) is 58.8 Å². The molecule has 1 aromatic heterocycles. The summed E-state index contributed by atoms with van der Waals surface area (Å²) in [5, 5.41) is 3.34. The van der Waals surface area contributed by atoms with E-state index in [-0.39, 0.29) is 10.8 Å². The average Bonchev–Trinajstić information content (AvgIpc) is 2.77. The summed E-state index contributed by atoms with van der Waals surface area (Å²) in [5.41, 5.74) is 1.80. The number of furan rings is 1. The fourth-order valence-electron chi connectivity index (χ4n) is 1.42. The fourth-order valence-corrected chi connectivity index (χ4v) is 1.61. The van der Waals surface area contributed by atoms with Gasteiger partial charge < -0.3 is 9.73 Å². The highest BCUT2D eigenvalue weighted by Gasteiger charge is 2.04. The van der Waals surface area contributed by atoms with Crippen LogP contribution >= 0.6 is 11.6 Å². The first-order chi connectivity index (χ1) is 7.77. The van der Waals surface area contributed by atoms with Gasteiger partial charge in [-0.3, -0.25) is 0 Å². The number of halogens is 2. The summed E-state index contributed by atoms with van der Waals surface area (Å²) < 4.78 is 18.0. The number of rotatable bonds is 4. The second-order valence-corrected chi connectivity index (χ2v) is 3.83. The van der Waals surface area contributed by atoms with Crippen LogP contribution in [0.25, 0.3) is 0 Å². The van der Waals surface area contributed by atoms with Crippen molar-refractivity contribution in [3.63, 3.8) is 0 Å². The van der Waals surface area contributed by atoms with E-state index in [0.717, 1.165) is 11.1 Å². The molecule has 0 fully saturated rings. The Balaban J connectivity index is 1.92. The van der Waals surface area contributed by atoms with Gasteiger partial charge >= 0.3 is 0 Å². The second-order valence-electron chi connectivity index (χ2n) is 3.45. The molecule has 2 nitrogen and oxygen atoms in total. The molecule has 0 spiro atoms. The van der Waals surface area contributed by atoms with Crippen LogP contribution in [0.4, 0.5) is 4.39 Å².